The molecule has 1 aromatic rings. The van der Waals surface area contributed by atoms with E-state index in [9.17, 15) is 0 Å². The number of fused-ring (bicyclic) bond motifs is 6. The number of hydrogen-bond acceptors (Lipinski definition) is 4. The van der Waals surface area contributed by atoms with E-state index in [2.05, 4.69) is 4.90 Å². The molecule has 0 unspecified atom stereocenters. The maximum absolute atomic E-state index is 5.90. The molecule has 3 fully saturated rings. The van der Waals surface area contributed by atoms with Crippen molar-refractivity contribution >= 4 is 12.2 Å². The van der Waals surface area contributed by atoms with Gasteiger partial charge in [-0.3, -0.25) is 4.90 Å². The van der Waals surface area contributed by atoms with Crippen molar-refractivity contribution < 1.29 is 43.5 Å². The third-order valence-corrected chi connectivity index (χ3v) is 3.44. The summed E-state index contributed by atoms with van der Waals surface area (Å²) in [6.45, 7) is 3.14. The molecule has 4 nitrogen and oxygen atoms in total. The van der Waals surface area contributed by atoms with Gasteiger partial charge in [0.25, 0.3) is 0 Å². The van der Waals surface area contributed by atoms with E-state index in [0.29, 0.717) is 19.8 Å². The van der Waals surface area contributed by atoms with Crippen LogP contribution in [0.25, 0.3) is 0 Å². The van der Waals surface area contributed by atoms with Crippen LogP contribution in [0.4, 0.5) is 0 Å². The zero-order chi connectivity index (χ0) is 11.6. The number of benzene rings is 1. The van der Waals surface area contributed by atoms with Crippen LogP contribution in [0.15, 0.2) is 30.3 Å². The summed E-state index contributed by atoms with van der Waals surface area (Å²) in [5.74, 6) is 0. The van der Waals surface area contributed by atoms with Gasteiger partial charge in [0.2, 0.25) is 0 Å². The first-order valence-electron chi connectivity index (χ1n) is 6.22. The zero-order valence-electron chi connectivity index (χ0n) is 10.9. The van der Waals surface area contributed by atoms with Crippen molar-refractivity contribution in [1.82, 2.24) is 4.90 Å². The maximum Gasteiger partial charge on any atom is 1.00 e. The first kappa shape index (κ1) is 14.5. The average Bonchev–Trinajstić information content (AvgIpc) is 2.28. The van der Waals surface area contributed by atoms with Gasteiger partial charge in [-0.1, -0.05) is 30.3 Å². The van der Waals surface area contributed by atoms with Gasteiger partial charge in [0.15, 0.2) is 0 Å². The zero-order valence-corrected chi connectivity index (χ0v) is 12.9. The van der Waals surface area contributed by atoms with E-state index in [1.54, 1.807) is 0 Å². The van der Waals surface area contributed by atoms with Gasteiger partial charge in [-0.15, -0.1) is 5.46 Å². The second kappa shape index (κ2) is 6.52. The van der Waals surface area contributed by atoms with Crippen LogP contribution in [-0.2, 0) is 14.0 Å². The van der Waals surface area contributed by atoms with E-state index >= 15 is 0 Å². The molecule has 0 spiro atoms. The molecule has 2 bridgehead atoms. The van der Waals surface area contributed by atoms with Crippen LogP contribution in [0, 0.1) is 0 Å². The number of hydrogen-bond donors (Lipinski definition) is 0. The van der Waals surface area contributed by atoms with E-state index in [4.69, 9.17) is 14.0 Å². The van der Waals surface area contributed by atoms with Crippen molar-refractivity contribution in [2.45, 2.75) is 0 Å². The molecule has 6 heteroatoms. The van der Waals surface area contributed by atoms with E-state index in [0.717, 1.165) is 25.1 Å². The Balaban J connectivity index is 0.00000120. The smallest absolute Gasteiger partial charge is 0.540 e. The summed E-state index contributed by atoms with van der Waals surface area (Å²) >= 11 is 0. The fourth-order valence-corrected chi connectivity index (χ4v) is 2.47. The Morgan fingerprint density at radius 1 is 0.833 bits per heavy atom. The summed E-state index contributed by atoms with van der Waals surface area (Å²) in [5, 5.41) is 0. The molecule has 0 aromatic heterocycles. The SMILES string of the molecule is [Na+].c1ccc([B-]23OCCN(CCO2)CCO3)cc1. The normalized spacial score (nSPS) is 31.9. The molecular formula is C12H17BNNaO3. The van der Waals surface area contributed by atoms with Crippen LogP contribution in [0.5, 0.6) is 0 Å². The van der Waals surface area contributed by atoms with Gasteiger partial charge in [-0.05, 0) is 0 Å². The Bertz CT molecular complexity index is 352. The maximum atomic E-state index is 5.90. The summed E-state index contributed by atoms with van der Waals surface area (Å²) in [7, 11) is 0. The van der Waals surface area contributed by atoms with Gasteiger partial charge in [0.05, 0.1) is 0 Å². The van der Waals surface area contributed by atoms with Crippen molar-refractivity contribution in [3.63, 3.8) is 0 Å². The molecule has 3 saturated heterocycles. The summed E-state index contributed by atoms with van der Waals surface area (Å²) in [6.07, 6.45) is 0. The predicted molar refractivity (Wildman–Crippen MR) is 66.1 cm³/mol. The summed E-state index contributed by atoms with van der Waals surface area (Å²) in [5.41, 5.74) is 1.00. The second-order valence-corrected chi connectivity index (χ2v) is 4.51. The second-order valence-electron chi connectivity index (χ2n) is 4.51. The Kier molecular flexibility index (Phi) is 5.27. The fraction of sp³-hybridized carbons (Fsp3) is 0.500. The minimum absolute atomic E-state index is 0. The Morgan fingerprint density at radius 2 is 1.33 bits per heavy atom. The standard InChI is InChI=1S/C12H17BNO3.Na/c1-2-4-12(5-3-1)13-15-9-6-14(7-10-16-13)8-11-17-13;/h1-5H,6-11H2;/q-1;+1. The number of rotatable bonds is 1. The minimum Gasteiger partial charge on any atom is -0.540 e. The van der Waals surface area contributed by atoms with Crippen LogP contribution in [0.2, 0.25) is 0 Å². The van der Waals surface area contributed by atoms with Gasteiger partial charge in [0, 0.05) is 39.5 Å². The molecule has 0 saturated carbocycles. The first-order chi connectivity index (χ1) is 8.39. The molecule has 0 aliphatic carbocycles. The average molecular weight is 257 g/mol. The van der Waals surface area contributed by atoms with E-state index in [-0.39, 0.29) is 29.6 Å². The van der Waals surface area contributed by atoms with Gasteiger partial charge < -0.3 is 14.0 Å². The quantitative estimate of drug-likeness (QED) is 0.509. The number of nitrogens with zero attached hydrogens (tertiary/aromatic N) is 1. The van der Waals surface area contributed by atoms with Crippen LogP contribution in [-0.4, -0.2) is 51.1 Å². The molecular weight excluding hydrogens is 240 g/mol. The van der Waals surface area contributed by atoms with Crippen molar-refractivity contribution in [3.8, 4) is 0 Å². The van der Waals surface area contributed by atoms with Gasteiger partial charge in [0.1, 0.15) is 0 Å². The Hall–Kier alpha value is 0.125. The van der Waals surface area contributed by atoms with E-state index < -0.39 is 6.75 Å². The molecule has 0 amide bonds. The van der Waals surface area contributed by atoms with Crippen LogP contribution in [0.1, 0.15) is 0 Å². The predicted octanol–water partition coefficient (Wildman–Crippen LogP) is -2.78. The van der Waals surface area contributed by atoms with Crippen LogP contribution >= 0.6 is 0 Å². The molecule has 3 aliphatic rings. The van der Waals surface area contributed by atoms with Crippen LogP contribution in [0.3, 0.4) is 0 Å². The van der Waals surface area contributed by atoms with Gasteiger partial charge >= 0.3 is 36.3 Å². The van der Waals surface area contributed by atoms with Crippen molar-refractivity contribution in [2.75, 3.05) is 39.5 Å². The molecule has 0 N–H and O–H groups in total. The van der Waals surface area contributed by atoms with Gasteiger partial charge in [-0.25, -0.2) is 0 Å². The van der Waals surface area contributed by atoms with Crippen molar-refractivity contribution in [3.05, 3.63) is 30.3 Å². The summed E-state index contributed by atoms with van der Waals surface area (Å²) in [4.78, 5) is 2.31. The monoisotopic (exact) mass is 257 g/mol. The Morgan fingerprint density at radius 3 is 1.83 bits per heavy atom. The summed E-state index contributed by atoms with van der Waals surface area (Å²) < 4.78 is 17.7. The first-order valence-corrected chi connectivity index (χ1v) is 6.22. The molecule has 92 valence electrons. The fourth-order valence-electron chi connectivity index (χ4n) is 2.47. The molecule has 0 radical (unpaired) electrons. The molecule has 3 aliphatic heterocycles. The summed E-state index contributed by atoms with van der Waals surface area (Å²) in [6, 6.07) is 10.0. The van der Waals surface area contributed by atoms with Crippen molar-refractivity contribution in [1.29, 1.82) is 0 Å². The van der Waals surface area contributed by atoms with E-state index in [1.807, 2.05) is 30.3 Å². The third kappa shape index (κ3) is 2.99. The van der Waals surface area contributed by atoms with Crippen LogP contribution < -0.4 is 35.0 Å². The van der Waals surface area contributed by atoms with E-state index in [1.165, 1.54) is 0 Å². The largest absolute Gasteiger partial charge is 1.00 e. The topological polar surface area (TPSA) is 30.9 Å². The molecule has 4 rings (SSSR count). The Labute approximate surface area is 130 Å². The minimum atomic E-state index is -1.73. The third-order valence-electron chi connectivity index (χ3n) is 3.44. The molecule has 3 heterocycles. The van der Waals surface area contributed by atoms with Gasteiger partial charge in [-0.2, -0.15) is 0 Å². The van der Waals surface area contributed by atoms with Crippen molar-refractivity contribution in [2.24, 2.45) is 0 Å². The molecule has 1 aromatic carbocycles. The molecule has 18 heavy (non-hydrogen) atoms. The molecule has 0 atom stereocenters.